The third kappa shape index (κ3) is 2.22. The first kappa shape index (κ1) is 11.0. The molecule has 0 heterocycles. The number of carbonyl (C=O) groups excluding carboxylic acids is 1. The maximum Gasteiger partial charge on any atom is 0.178 e. The van der Waals surface area contributed by atoms with Crippen LogP contribution in [0.3, 0.4) is 0 Å². The highest BCUT2D eigenvalue weighted by molar-refractivity contribution is 9.10. The highest BCUT2D eigenvalue weighted by atomic mass is 79.9. The van der Waals surface area contributed by atoms with Gasteiger partial charge in [-0.05, 0) is 28.1 Å². The summed E-state index contributed by atoms with van der Waals surface area (Å²) < 4.78 is 13.2. The zero-order valence-corrected chi connectivity index (χ0v) is 9.38. The lowest BCUT2D eigenvalue weighted by Crippen LogP contribution is -2.02. The van der Waals surface area contributed by atoms with Gasteiger partial charge < -0.3 is 0 Å². The molecule has 13 heavy (non-hydrogen) atoms. The normalized spacial score (nSPS) is 10.2. The molecule has 5 heteroatoms. The molecule has 0 aliphatic carbocycles. The molecule has 0 spiro atoms. The van der Waals surface area contributed by atoms with Crippen LogP contribution in [0, 0.1) is 5.82 Å². The number of ketones is 1. The van der Waals surface area contributed by atoms with Crippen LogP contribution in [0.5, 0.6) is 0 Å². The number of benzene rings is 1. The van der Waals surface area contributed by atoms with Gasteiger partial charge in [-0.1, -0.05) is 11.6 Å². The summed E-state index contributed by atoms with van der Waals surface area (Å²) in [6.07, 6.45) is 0. The van der Waals surface area contributed by atoms with Crippen molar-refractivity contribution in [2.45, 2.75) is 0 Å². The molecule has 0 saturated carbocycles. The second-order valence-electron chi connectivity index (χ2n) is 2.28. The number of carbonyl (C=O) groups is 1. The quantitative estimate of drug-likeness (QED) is 0.460. The highest BCUT2D eigenvalue weighted by Crippen LogP contribution is 2.27. The minimum absolute atomic E-state index is 0.0296. The van der Waals surface area contributed by atoms with Crippen LogP contribution in [0.2, 0.25) is 5.02 Å². The number of rotatable bonds is 2. The van der Waals surface area contributed by atoms with Gasteiger partial charge in [0.1, 0.15) is 0 Å². The zero-order chi connectivity index (χ0) is 10.0. The molecule has 0 bridgehead atoms. The van der Waals surface area contributed by atoms with Crippen LogP contribution in [0.15, 0.2) is 16.6 Å². The molecule has 1 aromatic carbocycles. The molecule has 70 valence electrons. The lowest BCUT2D eigenvalue weighted by molar-refractivity contribution is 0.102. The third-order valence-electron chi connectivity index (χ3n) is 1.46. The fourth-order valence-corrected chi connectivity index (χ4v) is 1.80. The van der Waals surface area contributed by atoms with Crippen molar-refractivity contribution >= 4 is 44.9 Å². The summed E-state index contributed by atoms with van der Waals surface area (Å²) in [7, 11) is 0. The first-order valence-electron chi connectivity index (χ1n) is 3.30. The van der Waals surface area contributed by atoms with E-state index >= 15 is 0 Å². The van der Waals surface area contributed by atoms with E-state index in [1.807, 2.05) is 0 Å². The minimum atomic E-state index is -0.641. The van der Waals surface area contributed by atoms with Crippen molar-refractivity contribution in [3.63, 3.8) is 0 Å². The summed E-state index contributed by atoms with van der Waals surface area (Å²) >= 11 is 13.7. The monoisotopic (exact) mass is 284 g/mol. The largest absolute Gasteiger partial charge is 0.293 e. The molecule has 0 N–H and O–H groups in total. The molecule has 0 aliphatic heterocycles. The van der Waals surface area contributed by atoms with Gasteiger partial charge in [-0.2, -0.15) is 0 Å². The average molecular weight is 286 g/mol. The van der Waals surface area contributed by atoms with Crippen molar-refractivity contribution in [1.82, 2.24) is 0 Å². The average Bonchev–Trinajstić information content (AvgIpc) is 2.13. The molecule has 0 atom stereocenters. The Balaban J connectivity index is 3.26. The Labute approximate surface area is 93.0 Å². The molecule has 0 aliphatic rings. The molecule has 0 radical (unpaired) electrons. The molecule has 0 saturated heterocycles. The molecule has 0 unspecified atom stereocenters. The highest BCUT2D eigenvalue weighted by Gasteiger charge is 2.14. The minimum Gasteiger partial charge on any atom is -0.293 e. The van der Waals surface area contributed by atoms with E-state index in [-0.39, 0.29) is 26.7 Å². The van der Waals surface area contributed by atoms with E-state index in [2.05, 4.69) is 15.9 Å². The van der Waals surface area contributed by atoms with E-state index in [1.54, 1.807) is 0 Å². The van der Waals surface area contributed by atoms with Crippen LogP contribution in [0.25, 0.3) is 0 Å². The molecule has 1 nitrogen and oxygen atoms in total. The fourth-order valence-electron chi connectivity index (χ4n) is 0.813. The van der Waals surface area contributed by atoms with E-state index in [0.717, 1.165) is 0 Å². The lowest BCUT2D eigenvalue weighted by Gasteiger charge is -2.03. The van der Waals surface area contributed by atoms with Gasteiger partial charge in [0.25, 0.3) is 0 Å². The van der Waals surface area contributed by atoms with Crippen molar-refractivity contribution in [1.29, 1.82) is 0 Å². The second-order valence-corrected chi connectivity index (χ2v) is 3.75. The van der Waals surface area contributed by atoms with E-state index in [1.165, 1.54) is 12.1 Å². The standard InChI is InChI=1S/C8H4BrCl2FO/c9-7-4(6(13)3-10)1-2-5(11)8(7)12/h1-2H,3H2. The predicted molar refractivity (Wildman–Crippen MR) is 54.2 cm³/mol. The lowest BCUT2D eigenvalue weighted by atomic mass is 10.1. The van der Waals surface area contributed by atoms with Crippen molar-refractivity contribution in [2.75, 3.05) is 5.88 Å². The Morgan fingerprint density at radius 2 is 2.15 bits per heavy atom. The molecule has 0 fully saturated rings. The predicted octanol–water partition coefficient (Wildman–Crippen LogP) is 3.66. The van der Waals surface area contributed by atoms with Crippen molar-refractivity contribution in [3.8, 4) is 0 Å². The molecule has 0 amide bonds. The Hall–Kier alpha value is -0.120. The number of halogens is 4. The first-order chi connectivity index (χ1) is 6.07. The van der Waals surface area contributed by atoms with Crippen LogP contribution >= 0.6 is 39.1 Å². The van der Waals surface area contributed by atoms with Crippen LogP contribution < -0.4 is 0 Å². The molecule has 1 aromatic rings. The molecular weight excluding hydrogens is 282 g/mol. The van der Waals surface area contributed by atoms with Gasteiger partial charge in [0, 0.05) is 5.56 Å². The summed E-state index contributed by atoms with van der Waals surface area (Å²) in [5.41, 5.74) is 0.205. The zero-order valence-electron chi connectivity index (χ0n) is 6.28. The van der Waals surface area contributed by atoms with Gasteiger partial charge in [0.15, 0.2) is 11.6 Å². The van der Waals surface area contributed by atoms with Crippen molar-refractivity contribution in [3.05, 3.63) is 33.0 Å². The van der Waals surface area contributed by atoms with E-state index in [9.17, 15) is 9.18 Å². The number of hydrogen-bond donors (Lipinski definition) is 0. The Morgan fingerprint density at radius 1 is 1.54 bits per heavy atom. The van der Waals surface area contributed by atoms with Crippen LogP contribution in [0.4, 0.5) is 4.39 Å². The number of Topliss-reactive ketones (excluding diaryl/α,β-unsaturated/α-hetero) is 1. The molecule has 0 aromatic heterocycles. The van der Waals surface area contributed by atoms with E-state index < -0.39 is 5.82 Å². The Morgan fingerprint density at radius 3 is 2.69 bits per heavy atom. The second kappa shape index (κ2) is 4.40. The Kier molecular flexibility index (Phi) is 3.71. The smallest absolute Gasteiger partial charge is 0.178 e. The van der Waals surface area contributed by atoms with Crippen LogP contribution in [-0.4, -0.2) is 11.7 Å². The third-order valence-corrected chi connectivity index (χ3v) is 2.77. The topological polar surface area (TPSA) is 17.1 Å². The van der Waals surface area contributed by atoms with Gasteiger partial charge in [0.2, 0.25) is 0 Å². The van der Waals surface area contributed by atoms with Gasteiger partial charge in [-0.15, -0.1) is 11.6 Å². The van der Waals surface area contributed by atoms with Gasteiger partial charge >= 0.3 is 0 Å². The Bertz CT molecular complexity index is 354. The summed E-state index contributed by atoms with van der Waals surface area (Å²) in [4.78, 5) is 11.1. The summed E-state index contributed by atoms with van der Waals surface area (Å²) in [5, 5.41) is -0.0296. The van der Waals surface area contributed by atoms with Crippen molar-refractivity contribution in [2.24, 2.45) is 0 Å². The maximum atomic E-state index is 13.1. The number of hydrogen-bond acceptors (Lipinski definition) is 1. The number of alkyl halides is 1. The summed E-state index contributed by atoms with van der Waals surface area (Å²) in [6.45, 7) is 0. The summed E-state index contributed by atoms with van der Waals surface area (Å²) in [5.74, 6) is -1.17. The van der Waals surface area contributed by atoms with Gasteiger partial charge in [-0.25, -0.2) is 4.39 Å². The van der Waals surface area contributed by atoms with Crippen LogP contribution in [-0.2, 0) is 0 Å². The summed E-state index contributed by atoms with van der Waals surface area (Å²) in [6, 6.07) is 2.75. The van der Waals surface area contributed by atoms with Crippen molar-refractivity contribution < 1.29 is 9.18 Å². The van der Waals surface area contributed by atoms with Gasteiger partial charge in [0.05, 0.1) is 15.4 Å². The molecular formula is C8H4BrCl2FO. The fraction of sp³-hybridized carbons (Fsp3) is 0.125. The molecule has 1 rings (SSSR count). The SMILES string of the molecule is O=C(CCl)c1ccc(Cl)c(F)c1Br. The maximum absolute atomic E-state index is 13.1. The van der Waals surface area contributed by atoms with E-state index in [0.29, 0.717) is 0 Å². The van der Waals surface area contributed by atoms with Gasteiger partial charge in [-0.3, -0.25) is 4.79 Å². The van der Waals surface area contributed by atoms with E-state index in [4.69, 9.17) is 23.2 Å². The first-order valence-corrected chi connectivity index (χ1v) is 5.01. The van der Waals surface area contributed by atoms with Crippen LogP contribution in [0.1, 0.15) is 10.4 Å².